The Kier molecular flexibility index (Phi) is 4.02. The Morgan fingerprint density at radius 2 is 2.05 bits per heavy atom. The van der Waals surface area contributed by atoms with Crippen LogP contribution in [-0.2, 0) is 0 Å². The van der Waals surface area contributed by atoms with Gasteiger partial charge in [-0.05, 0) is 42.7 Å². The van der Waals surface area contributed by atoms with Crippen molar-refractivity contribution >= 4 is 5.69 Å². The van der Waals surface area contributed by atoms with Crippen molar-refractivity contribution in [1.82, 2.24) is 0 Å². The maximum atomic E-state index is 13.4. The van der Waals surface area contributed by atoms with Gasteiger partial charge in [-0.15, -0.1) is 0 Å². The number of hydrogen-bond donors (Lipinski definition) is 1. The lowest BCUT2D eigenvalue weighted by atomic mass is 9.70. The summed E-state index contributed by atoms with van der Waals surface area (Å²) in [6.07, 6.45) is 3.60. The van der Waals surface area contributed by atoms with Crippen LogP contribution in [0.3, 0.4) is 0 Å². The van der Waals surface area contributed by atoms with Crippen molar-refractivity contribution in [2.75, 3.05) is 12.4 Å². The van der Waals surface area contributed by atoms with Gasteiger partial charge in [0.05, 0.1) is 7.11 Å². The highest BCUT2D eigenvalue weighted by molar-refractivity contribution is 5.49. The van der Waals surface area contributed by atoms with E-state index in [-0.39, 0.29) is 5.82 Å². The van der Waals surface area contributed by atoms with Gasteiger partial charge < -0.3 is 10.1 Å². The van der Waals surface area contributed by atoms with Crippen molar-refractivity contribution in [1.29, 1.82) is 0 Å². The van der Waals surface area contributed by atoms with E-state index in [2.05, 4.69) is 26.1 Å². The third kappa shape index (κ3) is 3.62. The molecule has 1 N–H and O–H groups in total. The van der Waals surface area contributed by atoms with E-state index in [0.29, 0.717) is 17.2 Å². The molecule has 0 aromatic heterocycles. The second-order valence-electron chi connectivity index (χ2n) is 6.60. The molecule has 2 rings (SSSR count). The highest BCUT2D eigenvalue weighted by Gasteiger charge is 2.31. The molecule has 0 spiro atoms. The van der Waals surface area contributed by atoms with Gasteiger partial charge in [0.25, 0.3) is 0 Å². The molecular formula is C16H24FNO. The zero-order valence-corrected chi connectivity index (χ0v) is 12.3. The van der Waals surface area contributed by atoms with Crippen LogP contribution in [-0.4, -0.2) is 13.2 Å². The van der Waals surface area contributed by atoms with E-state index < -0.39 is 0 Å². The number of methoxy groups -OCH3 is 1. The lowest BCUT2D eigenvalue weighted by Crippen LogP contribution is -2.35. The third-order valence-corrected chi connectivity index (χ3v) is 3.91. The molecule has 0 heterocycles. The number of benzene rings is 1. The molecule has 1 fully saturated rings. The van der Waals surface area contributed by atoms with E-state index >= 15 is 0 Å². The minimum absolute atomic E-state index is 0.299. The fraction of sp³-hybridized carbons (Fsp3) is 0.625. The van der Waals surface area contributed by atoms with Crippen LogP contribution in [0.15, 0.2) is 18.2 Å². The zero-order valence-electron chi connectivity index (χ0n) is 12.3. The summed E-state index contributed by atoms with van der Waals surface area (Å²) >= 11 is 0. The number of anilines is 1. The molecule has 0 bridgehead atoms. The highest BCUT2D eigenvalue weighted by atomic mass is 19.1. The maximum Gasteiger partial charge on any atom is 0.165 e. The normalized spacial score (nSPS) is 25.9. The minimum atomic E-state index is -0.314. The summed E-state index contributed by atoms with van der Waals surface area (Å²) in [5, 5.41) is 3.52. The van der Waals surface area contributed by atoms with Crippen molar-refractivity contribution in [2.24, 2.45) is 11.3 Å². The fourth-order valence-electron chi connectivity index (χ4n) is 3.44. The summed E-state index contributed by atoms with van der Waals surface area (Å²) in [5.74, 6) is 0.710. The first-order chi connectivity index (χ1) is 8.89. The zero-order chi connectivity index (χ0) is 14.0. The lowest BCUT2D eigenvalue weighted by molar-refractivity contribution is 0.178. The standard InChI is InChI=1S/C16H24FNO/c1-11-7-13(10-16(2,3)9-11)18-12-5-6-14(17)15(8-12)19-4/h5-6,8,11,13,18H,7,9-10H2,1-4H3. The van der Waals surface area contributed by atoms with E-state index in [0.717, 1.165) is 18.0 Å². The number of rotatable bonds is 3. The second-order valence-corrected chi connectivity index (χ2v) is 6.60. The quantitative estimate of drug-likeness (QED) is 0.871. The maximum absolute atomic E-state index is 13.4. The van der Waals surface area contributed by atoms with Crippen LogP contribution in [0.4, 0.5) is 10.1 Å². The number of ether oxygens (including phenoxy) is 1. The Bertz CT molecular complexity index is 444. The molecule has 0 amide bonds. The van der Waals surface area contributed by atoms with Gasteiger partial charge in [0, 0.05) is 17.8 Å². The van der Waals surface area contributed by atoms with Crippen molar-refractivity contribution in [3.8, 4) is 5.75 Å². The molecule has 106 valence electrons. The van der Waals surface area contributed by atoms with Gasteiger partial charge in [-0.2, -0.15) is 0 Å². The van der Waals surface area contributed by atoms with E-state index in [1.165, 1.54) is 26.0 Å². The first kappa shape index (κ1) is 14.2. The number of halogens is 1. The van der Waals surface area contributed by atoms with Gasteiger partial charge in [-0.3, -0.25) is 0 Å². The smallest absolute Gasteiger partial charge is 0.165 e. The molecular weight excluding hydrogens is 241 g/mol. The van der Waals surface area contributed by atoms with Gasteiger partial charge in [-0.25, -0.2) is 4.39 Å². The van der Waals surface area contributed by atoms with E-state index in [1.54, 1.807) is 12.1 Å². The molecule has 1 aliphatic carbocycles. The van der Waals surface area contributed by atoms with Crippen LogP contribution in [0.2, 0.25) is 0 Å². The summed E-state index contributed by atoms with van der Waals surface area (Å²) in [6, 6.07) is 5.43. The monoisotopic (exact) mass is 265 g/mol. The Morgan fingerprint density at radius 3 is 2.68 bits per heavy atom. The fourth-order valence-corrected chi connectivity index (χ4v) is 3.44. The van der Waals surface area contributed by atoms with E-state index in [1.807, 2.05) is 0 Å². The third-order valence-electron chi connectivity index (χ3n) is 3.91. The Hall–Kier alpha value is -1.25. The first-order valence-electron chi connectivity index (χ1n) is 7.00. The molecule has 0 saturated heterocycles. The van der Waals surface area contributed by atoms with Crippen molar-refractivity contribution in [3.63, 3.8) is 0 Å². The minimum Gasteiger partial charge on any atom is -0.494 e. The Morgan fingerprint density at radius 1 is 1.32 bits per heavy atom. The van der Waals surface area contributed by atoms with Crippen molar-refractivity contribution in [2.45, 2.75) is 46.1 Å². The topological polar surface area (TPSA) is 21.3 Å². The van der Waals surface area contributed by atoms with Gasteiger partial charge >= 0.3 is 0 Å². The lowest BCUT2D eigenvalue weighted by Gasteiger charge is -2.39. The highest BCUT2D eigenvalue weighted by Crippen LogP contribution is 2.39. The molecule has 0 aliphatic heterocycles. The van der Waals surface area contributed by atoms with Crippen LogP contribution in [0.25, 0.3) is 0 Å². The molecule has 1 saturated carbocycles. The average molecular weight is 265 g/mol. The number of hydrogen-bond acceptors (Lipinski definition) is 2. The number of nitrogens with one attached hydrogen (secondary N) is 1. The van der Waals surface area contributed by atoms with Crippen LogP contribution >= 0.6 is 0 Å². The predicted octanol–water partition coefficient (Wildman–Crippen LogP) is 4.46. The summed E-state index contributed by atoms with van der Waals surface area (Å²) in [6.45, 7) is 6.95. The largest absolute Gasteiger partial charge is 0.494 e. The van der Waals surface area contributed by atoms with E-state index in [9.17, 15) is 4.39 Å². The molecule has 2 nitrogen and oxygen atoms in total. The molecule has 19 heavy (non-hydrogen) atoms. The predicted molar refractivity (Wildman–Crippen MR) is 77.2 cm³/mol. The first-order valence-corrected chi connectivity index (χ1v) is 7.00. The Balaban J connectivity index is 2.08. The molecule has 3 heteroatoms. The second kappa shape index (κ2) is 5.40. The van der Waals surface area contributed by atoms with Crippen LogP contribution < -0.4 is 10.1 Å². The molecule has 1 aliphatic rings. The SMILES string of the molecule is COc1cc(NC2CC(C)CC(C)(C)C2)ccc1F. The molecule has 2 unspecified atom stereocenters. The van der Waals surface area contributed by atoms with E-state index in [4.69, 9.17) is 4.74 Å². The van der Waals surface area contributed by atoms with Crippen LogP contribution in [0.5, 0.6) is 5.75 Å². The summed E-state index contributed by atoms with van der Waals surface area (Å²) in [7, 11) is 1.49. The molecule has 2 atom stereocenters. The molecule has 1 aromatic carbocycles. The van der Waals surface area contributed by atoms with Gasteiger partial charge in [0.1, 0.15) is 0 Å². The van der Waals surface area contributed by atoms with Crippen LogP contribution in [0, 0.1) is 17.2 Å². The van der Waals surface area contributed by atoms with Crippen LogP contribution in [0.1, 0.15) is 40.0 Å². The van der Waals surface area contributed by atoms with Crippen molar-refractivity contribution < 1.29 is 9.13 Å². The van der Waals surface area contributed by atoms with Gasteiger partial charge in [-0.1, -0.05) is 20.8 Å². The Labute approximate surface area is 115 Å². The van der Waals surface area contributed by atoms with Crippen molar-refractivity contribution in [3.05, 3.63) is 24.0 Å². The molecule has 1 aromatic rings. The summed E-state index contributed by atoms with van der Waals surface area (Å²) in [5.41, 5.74) is 1.31. The van der Waals surface area contributed by atoms with Gasteiger partial charge in [0.15, 0.2) is 11.6 Å². The molecule has 0 radical (unpaired) electrons. The summed E-state index contributed by atoms with van der Waals surface area (Å²) in [4.78, 5) is 0. The van der Waals surface area contributed by atoms with Gasteiger partial charge in [0.2, 0.25) is 0 Å². The average Bonchev–Trinajstić information content (AvgIpc) is 2.29. The summed E-state index contributed by atoms with van der Waals surface area (Å²) < 4.78 is 18.4.